The van der Waals surface area contributed by atoms with E-state index in [0.29, 0.717) is 18.1 Å². The van der Waals surface area contributed by atoms with E-state index in [1.54, 1.807) is 7.11 Å². The van der Waals surface area contributed by atoms with Crippen LogP contribution in [0.15, 0.2) is 24.3 Å². The molecule has 0 saturated heterocycles. The maximum Gasteiger partial charge on any atom is 0.122 e. The van der Waals surface area contributed by atoms with Gasteiger partial charge in [-0.3, -0.25) is 0 Å². The molecule has 1 aromatic carbocycles. The number of methoxy groups -OCH3 is 1. The molecule has 0 radical (unpaired) electrons. The molecule has 120 valence electrons. The van der Waals surface area contributed by atoms with Crippen molar-refractivity contribution in [1.82, 2.24) is 5.32 Å². The van der Waals surface area contributed by atoms with Gasteiger partial charge in [-0.2, -0.15) is 0 Å². The largest absolute Gasteiger partial charge is 0.496 e. The molecule has 1 aromatic rings. The number of nitrogens with one attached hydrogen (secondary N) is 1. The SMILES string of the molecule is COc1ccccc1CC(CCOC(C)C)CNC(C)C. The monoisotopic (exact) mass is 293 g/mol. The highest BCUT2D eigenvalue weighted by Gasteiger charge is 2.13. The first-order valence-corrected chi connectivity index (χ1v) is 7.99. The van der Waals surface area contributed by atoms with Crippen LogP contribution in [-0.2, 0) is 11.2 Å². The first-order chi connectivity index (χ1) is 10.0. The molecule has 0 amide bonds. The summed E-state index contributed by atoms with van der Waals surface area (Å²) in [5, 5.41) is 3.55. The summed E-state index contributed by atoms with van der Waals surface area (Å²) in [5.74, 6) is 1.54. The van der Waals surface area contributed by atoms with Crippen molar-refractivity contribution < 1.29 is 9.47 Å². The van der Waals surface area contributed by atoms with Crippen LogP contribution >= 0.6 is 0 Å². The van der Waals surface area contributed by atoms with Gasteiger partial charge in [0.1, 0.15) is 5.75 Å². The van der Waals surface area contributed by atoms with E-state index in [-0.39, 0.29) is 0 Å². The van der Waals surface area contributed by atoms with Crippen molar-refractivity contribution in [3.63, 3.8) is 0 Å². The summed E-state index contributed by atoms with van der Waals surface area (Å²) in [6.45, 7) is 10.4. The smallest absolute Gasteiger partial charge is 0.122 e. The van der Waals surface area contributed by atoms with Gasteiger partial charge < -0.3 is 14.8 Å². The lowest BCUT2D eigenvalue weighted by molar-refractivity contribution is 0.0680. The third-order valence-corrected chi connectivity index (χ3v) is 3.49. The fourth-order valence-corrected chi connectivity index (χ4v) is 2.33. The van der Waals surface area contributed by atoms with Gasteiger partial charge in [0.05, 0.1) is 13.2 Å². The van der Waals surface area contributed by atoms with E-state index in [2.05, 4.69) is 45.1 Å². The molecule has 0 aliphatic carbocycles. The quantitative estimate of drug-likeness (QED) is 0.714. The summed E-state index contributed by atoms with van der Waals surface area (Å²) < 4.78 is 11.2. The van der Waals surface area contributed by atoms with E-state index in [0.717, 1.165) is 31.7 Å². The zero-order valence-corrected chi connectivity index (χ0v) is 14.2. The molecule has 0 aliphatic rings. The van der Waals surface area contributed by atoms with Crippen LogP contribution in [0, 0.1) is 5.92 Å². The van der Waals surface area contributed by atoms with Crippen LogP contribution in [0.4, 0.5) is 0 Å². The van der Waals surface area contributed by atoms with E-state index in [4.69, 9.17) is 9.47 Å². The Morgan fingerprint density at radius 1 is 1.10 bits per heavy atom. The van der Waals surface area contributed by atoms with Crippen molar-refractivity contribution in [3.05, 3.63) is 29.8 Å². The van der Waals surface area contributed by atoms with Crippen molar-refractivity contribution in [2.75, 3.05) is 20.3 Å². The minimum absolute atomic E-state index is 0.301. The Balaban J connectivity index is 2.61. The van der Waals surface area contributed by atoms with Crippen LogP contribution in [-0.4, -0.2) is 32.4 Å². The van der Waals surface area contributed by atoms with Gasteiger partial charge in [-0.25, -0.2) is 0 Å². The van der Waals surface area contributed by atoms with Crippen LogP contribution in [0.2, 0.25) is 0 Å². The Kier molecular flexibility index (Phi) is 8.40. The molecule has 1 rings (SSSR count). The Morgan fingerprint density at radius 3 is 2.43 bits per heavy atom. The van der Waals surface area contributed by atoms with Gasteiger partial charge in [-0.15, -0.1) is 0 Å². The van der Waals surface area contributed by atoms with Gasteiger partial charge in [-0.1, -0.05) is 32.0 Å². The first kappa shape index (κ1) is 18.0. The van der Waals surface area contributed by atoms with Crippen LogP contribution in [0.25, 0.3) is 0 Å². The van der Waals surface area contributed by atoms with Crippen molar-refractivity contribution in [2.45, 2.75) is 52.7 Å². The highest BCUT2D eigenvalue weighted by molar-refractivity contribution is 5.33. The minimum Gasteiger partial charge on any atom is -0.496 e. The fraction of sp³-hybridized carbons (Fsp3) is 0.667. The molecule has 3 heteroatoms. The standard InChI is InChI=1S/C18H31NO2/c1-14(2)19-13-16(10-11-21-15(3)4)12-17-8-6-7-9-18(17)20-5/h6-9,14-16,19H,10-13H2,1-5H3. The van der Waals surface area contributed by atoms with E-state index >= 15 is 0 Å². The van der Waals surface area contributed by atoms with E-state index in [1.807, 2.05) is 12.1 Å². The molecule has 1 N–H and O–H groups in total. The maximum atomic E-state index is 5.71. The fourth-order valence-electron chi connectivity index (χ4n) is 2.33. The molecule has 3 nitrogen and oxygen atoms in total. The highest BCUT2D eigenvalue weighted by atomic mass is 16.5. The number of hydrogen-bond acceptors (Lipinski definition) is 3. The molecular weight excluding hydrogens is 262 g/mol. The average molecular weight is 293 g/mol. The normalized spacial score (nSPS) is 12.9. The van der Waals surface area contributed by atoms with Gasteiger partial charge in [0, 0.05) is 12.6 Å². The Hall–Kier alpha value is -1.06. The van der Waals surface area contributed by atoms with Gasteiger partial charge in [0.2, 0.25) is 0 Å². The third-order valence-electron chi connectivity index (χ3n) is 3.49. The highest BCUT2D eigenvalue weighted by Crippen LogP contribution is 2.22. The van der Waals surface area contributed by atoms with Gasteiger partial charge in [0.15, 0.2) is 0 Å². The molecule has 0 saturated carbocycles. The summed E-state index contributed by atoms with van der Waals surface area (Å²) in [6.07, 6.45) is 2.39. The summed E-state index contributed by atoms with van der Waals surface area (Å²) in [7, 11) is 1.74. The number of rotatable bonds is 10. The molecule has 1 atom stereocenters. The van der Waals surface area contributed by atoms with Gasteiger partial charge >= 0.3 is 0 Å². The summed E-state index contributed by atoms with van der Waals surface area (Å²) in [4.78, 5) is 0. The zero-order chi connectivity index (χ0) is 15.7. The molecule has 0 aliphatic heterocycles. The predicted octanol–water partition coefficient (Wildman–Crippen LogP) is 3.67. The molecular formula is C18H31NO2. The second kappa shape index (κ2) is 9.80. The molecule has 0 spiro atoms. The van der Waals surface area contributed by atoms with Gasteiger partial charge in [-0.05, 0) is 50.8 Å². The number of ether oxygens (including phenoxy) is 2. The van der Waals surface area contributed by atoms with Crippen LogP contribution in [0.1, 0.15) is 39.7 Å². The molecule has 0 fully saturated rings. The molecule has 1 unspecified atom stereocenters. The number of benzene rings is 1. The molecule has 0 bridgehead atoms. The minimum atomic E-state index is 0.301. The second-order valence-electron chi connectivity index (χ2n) is 6.15. The van der Waals surface area contributed by atoms with E-state index < -0.39 is 0 Å². The lowest BCUT2D eigenvalue weighted by Crippen LogP contribution is -2.30. The third kappa shape index (κ3) is 7.49. The van der Waals surface area contributed by atoms with Crippen molar-refractivity contribution in [3.8, 4) is 5.75 Å². The van der Waals surface area contributed by atoms with Crippen molar-refractivity contribution >= 4 is 0 Å². The summed E-state index contributed by atoms with van der Waals surface area (Å²) >= 11 is 0. The van der Waals surface area contributed by atoms with E-state index in [9.17, 15) is 0 Å². The Labute approximate surface area is 130 Å². The summed E-state index contributed by atoms with van der Waals surface area (Å²) in [5.41, 5.74) is 1.28. The molecule has 0 heterocycles. The maximum absolute atomic E-state index is 5.71. The number of hydrogen-bond donors (Lipinski definition) is 1. The lowest BCUT2D eigenvalue weighted by atomic mass is 9.95. The van der Waals surface area contributed by atoms with Crippen molar-refractivity contribution in [2.24, 2.45) is 5.92 Å². The van der Waals surface area contributed by atoms with Crippen LogP contribution in [0.5, 0.6) is 5.75 Å². The van der Waals surface area contributed by atoms with E-state index in [1.165, 1.54) is 5.56 Å². The zero-order valence-electron chi connectivity index (χ0n) is 14.2. The lowest BCUT2D eigenvalue weighted by Gasteiger charge is -2.21. The molecule has 21 heavy (non-hydrogen) atoms. The first-order valence-electron chi connectivity index (χ1n) is 7.99. The summed E-state index contributed by atoms with van der Waals surface area (Å²) in [6, 6.07) is 8.80. The number of para-hydroxylation sites is 1. The Morgan fingerprint density at radius 2 is 1.81 bits per heavy atom. The second-order valence-corrected chi connectivity index (χ2v) is 6.15. The van der Waals surface area contributed by atoms with Crippen molar-refractivity contribution in [1.29, 1.82) is 0 Å². The predicted molar refractivity (Wildman–Crippen MR) is 89.0 cm³/mol. The van der Waals surface area contributed by atoms with Crippen LogP contribution in [0.3, 0.4) is 0 Å². The Bertz CT molecular complexity index is 391. The van der Waals surface area contributed by atoms with Crippen LogP contribution < -0.4 is 10.1 Å². The van der Waals surface area contributed by atoms with Gasteiger partial charge in [0.25, 0.3) is 0 Å². The topological polar surface area (TPSA) is 30.5 Å². The molecule has 0 aromatic heterocycles. The average Bonchev–Trinajstić information content (AvgIpc) is 2.44.